The Morgan fingerprint density at radius 1 is 1.53 bits per heavy atom. The average Bonchev–Trinajstić information content (AvgIpc) is 2.22. The lowest BCUT2D eigenvalue weighted by molar-refractivity contribution is 0.0991. The van der Waals surface area contributed by atoms with Crippen molar-refractivity contribution in [3.63, 3.8) is 0 Å². The molecule has 0 saturated carbocycles. The molecule has 0 aliphatic rings. The second-order valence-corrected chi connectivity index (χ2v) is 4.14. The fraction of sp³-hybridized carbons (Fsp3) is 0.364. The molecule has 0 radical (unpaired) electrons. The molecule has 0 aromatic heterocycles. The number of carbonyl (C=O) groups is 1. The maximum Gasteiger partial charge on any atom is 0.180 e. The van der Waals surface area contributed by atoms with Gasteiger partial charge >= 0.3 is 0 Å². The predicted octanol–water partition coefficient (Wildman–Crippen LogP) is 2.12. The van der Waals surface area contributed by atoms with Gasteiger partial charge in [-0.15, -0.1) is 0 Å². The lowest BCUT2D eigenvalue weighted by atomic mass is 10.0. The van der Waals surface area contributed by atoms with Crippen molar-refractivity contribution >= 4 is 21.7 Å². The number of likely N-dealkylation sites (N-methyl/N-ethyl adjacent to an activating group) is 1. The summed E-state index contributed by atoms with van der Waals surface area (Å²) in [6.45, 7) is 2.23. The first-order chi connectivity index (χ1) is 7.10. The van der Waals surface area contributed by atoms with Crippen LogP contribution in [0, 0.1) is 0 Å². The number of nitrogens with one attached hydrogen (secondary N) is 1. The Hall–Kier alpha value is -0.870. The van der Waals surface area contributed by atoms with Crippen LogP contribution in [0.5, 0.6) is 5.75 Å². The fourth-order valence-corrected chi connectivity index (χ4v) is 1.84. The van der Waals surface area contributed by atoms with Crippen LogP contribution in [0.3, 0.4) is 0 Å². The van der Waals surface area contributed by atoms with Crippen molar-refractivity contribution in [3.05, 3.63) is 27.7 Å². The highest BCUT2D eigenvalue weighted by atomic mass is 79.9. The maximum atomic E-state index is 11.6. The van der Waals surface area contributed by atoms with E-state index in [-0.39, 0.29) is 18.1 Å². The van der Waals surface area contributed by atoms with Gasteiger partial charge in [-0.2, -0.15) is 0 Å². The van der Waals surface area contributed by atoms with Gasteiger partial charge in [0.25, 0.3) is 0 Å². The number of aryl methyl sites for hydroxylation is 1. The number of ketones is 1. The van der Waals surface area contributed by atoms with Gasteiger partial charge in [0, 0.05) is 0 Å². The standard InChI is InChI=1S/C11H14BrNO2/c1-3-7-4-8(10(14)6-13-2)11(15)9(12)5-7/h4-5,13,15H,3,6H2,1-2H3. The number of Topliss-reactive ketones (excluding diaryl/α,β-unsaturated/α-hetero) is 1. The van der Waals surface area contributed by atoms with Crippen LogP contribution in [0.1, 0.15) is 22.8 Å². The minimum Gasteiger partial charge on any atom is -0.506 e. The fourth-order valence-electron chi connectivity index (χ4n) is 1.33. The lowest BCUT2D eigenvalue weighted by Crippen LogP contribution is -2.18. The minimum absolute atomic E-state index is 0.0208. The van der Waals surface area contributed by atoms with Gasteiger partial charge in [-0.3, -0.25) is 4.79 Å². The van der Waals surface area contributed by atoms with Crippen LogP contribution in [0.15, 0.2) is 16.6 Å². The van der Waals surface area contributed by atoms with E-state index in [0.717, 1.165) is 12.0 Å². The van der Waals surface area contributed by atoms with Gasteiger partial charge < -0.3 is 10.4 Å². The minimum atomic E-state index is -0.106. The van der Waals surface area contributed by atoms with Crippen molar-refractivity contribution in [1.29, 1.82) is 0 Å². The number of hydrogen-bond donors (Lipinski definition) is 2. The summed E-state index contributed by atoms with van der Waals surface area (Å²) in [5.41, 5.74) is 1.40. The summed E-state index contributed by atoms with van der Waals surface area (Å²) < 4.78 is 0.571. The Kier molecular flexibility index (Phi) is 4.29. The molecule has 1 rings (SSSR count). The predicted molar refractivity (Wildman–Crippen MR) is 63.4 cm³/mol. The third-order valence-electron chi connectivity index (χ3n) is 2.17. The quantitative estimate of drug-likeness (QED) is 0.825. The first kappa shape index (κ1) is 12.2. The van der Waals surface area contributed by atoms with Gasteiger partial charge in [-0.05, 0) is 47.1 Å². The highest BCUT2D eigenvalue weighted by molar-refractivity contribution is 9.10. The molecule has 1 aromatic carbocycles. The van der Waals surface area contributed by atoms with E-state index in [9.17, 15) is 9.90 Å². The molecule has 0 spiro atoms. The number of phenols is 1. The van der Waals surface area contributed by atoms with Crippen LogP contribution in [0.4, 0.5) is 0 Å². The van der Waals surface area contributed by atoms with Crippen molar-refractivity contribution in [1.82, 2.24) is 5.32 Å². The van der Waals surface area contributed by atoms with Gasteiger partial charge in [-0.25, -0.2) is 0 Å². The number of aromatic hydroxyl groups is 1. The zero-order valence-corrected chi connectivity index (χ0v) is 10.4. The van der Waals surface area contributed by atoms with E-state index < -0.39 is 0 Å². The summed E-state index contributed by atoms with van der Waals surface area (Å²) in [4.78, 5) is 11.6. The van der Waals surface area contributed by atoms with Crippen molar-refractivity contribution in [2.45, 2.75) is 13.3 Å². The molecule has 0 heterocycles. The summed E-state index contributed by atoms with van der Waals surface area (Å²) >= 11 is 3.23. The molecular weight excluding hydrogens is 258 g/mol. The molecule has 2 N–H and O–H groups in total. The molecule has 0 aliphatic heterocycles. The zero-order chi connectivity index (χ0) is 11.4. The van der Waals surface area contributed by atoms with Crippen LogP contribution in [0.2, 0.25) is 0 Å². The monoisotopic (exact) mass is 271 g/mol. The van der Waals surface area contributed by atoms with E-state index >= 15 is 0 Å². The van der Waals surface area contributed by atoms with Crippen molar-refractivity contribution < 1.29 is 9.90 Å². The molecule has 15 heavy (non-hydrogen) atoms. The molecule has 0 fully saturated rings. The normalized spacial score (nSPS) is 10.3. The number of halogens is 1. The smallest absolute Gasteiger partial charge is 0.180 e. The largest absolute Gasteiger partial charge is 0.506 e. The van der Waals surface area contributed by atoms with Gasteiger partial charge in [0.2, 0.25) is 0 Å². The van der Waals surface area contributed by atoms with E-state index in [0.29, 0.717) is 10.0 Å². The third-order valence-corrected chi connectivity index (χ3v) is 2.77. The van der Waals surface area contributed by atoms with E-state index in [1.54, 1.807) is 13.1 Å². The molecule has 82 valence electrons. The number of hydrogen-bond acceptors (Lipinski definition) is 3. The van der Waals surface area contributed by atoms with Crippen LogP contribution >= 0.6 is 15.9 Å². The Bertz CT molecular complexity index is 377. The van der Waals surface area contributed by atoms with Crippen LogP contribution < -0.4 is 5.32 Å². The topological polar surface area (TPSA) is 49.3 Å². The van der Waals surface area contributed by atoms with E-state index in [1.807, 2.05) is 13.0 Å². The van der Waals surface area contributed by atoms with Crippen LogP contribution in [-0.4, -0.2) is 24.5 Å². The molecule has 0 aliphatic carbocycles. The first-order valence-electron chi connectivity index (χ1n) is 4.79. The molecule has 0 bridgehead atoms. The van der Waals surface area contributed by atoms with Gasteiger partial charge in [0.1, 0.15) is 5.75 Å². The van der Waals surface area contributed by atoms with Gasteiger partial charge in [0.15, 0.2) is 5.78 Å². The first-order valence-corrected chi connectivity index (χ1v) is 5.58. The second kappa shape index (κ2) is 5.28. The Balaban J connectivity index is 3.15. The second-order valence-electron chi connectivity index (χ2n) is 3.28. The van der Waals surface area contributed by atoms with Gasteiger partial charge in [0.05, 0.1) is 16.6 Å². The summed E-state index contributed by atoms with van der Waals surface area (Å²) in [6.07, 6.45) is 0.832. The summed E-state index contributed by atoms with van der Waals surface area (Å²) in [6, 6.07) is 3.56. The van der Waals surface area contributed by atoms with Crippen molar-refractivity contribution in [2.24, 2.45) is 0 Å². The molecule has 0 amide bonds. The third kappa shape index (κ3) is 2.79. The molecule has 1 aromatic rings. The molecular formula is C11H14BrNO2. The molecule has 0 saturated heterocycles. The Morgan fingerprint density at radius 3 is 2.73 bits per heavy atom. The Morgan fingerprint density at radius 2 is 2.20 bits per heavy atom. The summed E-state index contributed by atoms with van der Waals surface area (Å²) in [5.74, 6) is -0.0848. The molecule has 0 unspecified atom stereocenters. The molecule has 4 heteroatoms. The number of carbonyl (C=O) groups excluding carboxylic acids is 1. The van der Waals surface area contributed by atoms with E-state index in [1.165, 1.54) is 0 Å². The zero-order valence-electron chi connectivity index (χ0n) is 8.80. The SMILES string of the molecule is CCc1cc(Br)c(O)c(C(=O)CNC)c1. The highest BCUT2D eigenvalue weighted by Crippen LogP contribution is 2.29. The van der Waals surface area contributed by atoms with E-state index in [4.69, 9.17) is 0 Å². The molecule has 3 nitrogen and oxygen atoms in total. The van der Waals surface area contributed by atoms with Crippen molar-refractivity contribution in [2.75, 3.05) is 13.6 Å². The van der Waals surface area contributed by atoms with Gasteiger partial charge in [-0.1, -0.05) is 6.92 Å². The summed E-state index contributed by atoms with van der Waals surface area (Å²) in [7, 11) is 1.70. The average molecular weight is 272 g/mol. The maximum absolute atomic E-state index is 11.6. The summed E-state index contributed by atoms with van der Waals surface area (Å²) in [5, 5.41) is 12.5. The van der Waals surface area contributed by atoms with Crippen LogP contribution in [0.25, 0.3) is 0 Å². The number of rotatable bonds is 4. The number of phenolic OH excluding ortho intramolecular Hbond substituents is 1. The number of benzene rings is 1. The lowest BCUT2D eigenvalue weighted by Gasteiger charge is -2.08. The highest BCUT2D eigenvalue weighted by Gasteiger charge is 2.13. The molecule has 0 atom stereocenters. The van der Waals surface area contributed by atoms with E-state index in [2.05, 4.69) is 21.2 Å². The van der Waals surface area contributed by atoms with Crippen molar-refractivity contribution in [3.8, 4) is 5.75 Å². The Labute approximate surface area is 97.6 Å². The van der Waals surface area contributed by atoms with Crippen LogP contribution in [-0.2, 0) is 6.42 Å².